The molecular weight excluding hydrogens is 276 g/mol. The number of rotatable bonds is 7. The summed E-state index contributed by atoms with van der Waals surface area (Å²) in [6, 6.07) is 6.27. The normalized spacial score (nSPS) is 13.9. The molecule has 0 radical (unpaired) electrons. The molecule has 0 aromatic heterocycles. The number of benzene rings is 1. The topological polar surface area (TPSA) is 60.9 Å². The van der Waals surface area contributed by atoms with Crippen LogP contribution in [0.1, 0.15) is 19.4 Å². The van der Waals surface area contributed by atoms with E-state index in [9.17, 15) is 8.42 Å². The number of hydrogen-bond donors (Lipinski definition) is 1. The summed E-state index contributed by atoms with van der Waals surface area (Å²) in [7, 11) is 0.351. The molecule has 1 atom stereocenters. The van der Waals surface area contributed by atoms with Crippen molar-refractivity contribution in [3.63, 3.8) is 0 Å². The van der Waals surface area contributed by atoms with Gasteiger partial charge in [-0.1, -0.05) is 19.1 Å². The van der Waals surface area contributed by atoms with Gasteiger partial charge in [-0.2, -0.15) is 4.31 Å². The zero-order valence-corrected chi connectivity index (χ0v) is 13.4. The predicted molar refractivity (Wildman–Crippen MR) is 79.9 cm³/mol. The Morgan fingerprint density at radius 3 is 2.15 bits per heavy atom. The van der Waals surface area contributed by atoms with Crippen LogP contribution in [0.2, 0.25) is 0 Å². The molecule has 0 aliphatic heterocycles. The average Bonchev–Trinajstić information content (AvgIpc) is 2.38. The van der Waals surface area contributed by atoms with Crippen molar-refractivity contribution in [3.05, 3.63) is 29.8 Å². The third-order valence-electron chi connectivity index (χ3n) is 3.15. The average molecular weight is 300 g/mol. The first kappa shape index (κ1) is 17.1. The van der Waals surface area contributed by atoms with Crippen molar-refractivity contribution in [2.24, 2.45) is 0 Å². The Hall–Kier alpha value is -0.950. The highest BCUT2D eigenvalue weighted by Crippen LogP contribution is 2.19. The molecule has 0 heterocycles. The summed E-state index contributed by atoms with van der Waals surface area (Å²) in [6.45, 7) is 4.75. The molecule has 1 aromatic rings. The quantitative estimate of drug-likeness (QED) is 0.820. The van der Waals surface area contributed by atoms with Crippen LogP contribution in [-0.2, 0) is 16.6 Å². The van der Waals surface area contributed by atoms with Gasteiger partial charge >= 0.3 is 0 Å². The predicted octanol–water partition coefficient (Wildman–Crippen LogP) is 1.14. The van der Waals surface area contributed by atoms with Crippen molar-refractivity contribution < 1.29 is 13.5 Å². The molecule has 0 spiro atoms. The fourth-order valence-electron chi connectivity index (χ4n) is 2.24. The minimum absolute atomic E-state index is 0.0884. The fraction of sp³-hybridized carbons (Fsp3) is 0.571. The van der Waals surface area contributed by atoms with Gasteiger partial charge in [-0.15, -0.1) is 0 Å². The van der Waals surface area contributed by atoms with Crippen LogP contribution in [-0.4, -0.2) is 56.0 Å². The van der Waals surface area contributed by atoms with Crippen molar-refractivity contribution in [3.8, 4) is 0 Å². The lowest BCUT2D eigenvalue weighted by Crippen LogP contribution is -2.43. The highest BCUT2D eigenvalue weighted by Gasteiger charge is 2.27. The molecule has 0 saturated carbocycles. The zero-order valence-electron chi connectivity index (χ0n) is 12.6. The molecule has 0 fully saturated rings. The fourth-order valence-corrected chi connectivity index (χ4v) is 3.87. The van der Waals surface area contributed by atoms with Gasteiger partial charge < -0.3 is 10.0 Å². The maximum absolute atomic E-state index is 12.6. The maximum Gasteiger partial charge on any atom is 0.243 e. The van der Waals surface area contributed by atoms with Crippen LogP contribution in [0, 0.1) is 0 Å². The van der Waals surface area contributed by atoms with Gasteiger partial charge in [0, 0.05) is 19.1 Å². The first-order valence-corrected chi connectivity index (χ1v) is 8.13. The van der Waals surface area contributed by atoms with Gasteiger partial charge in [-0.25, -0.2) is 8.42 Å². The van der Waals surface area contributed by atoms with Gasteiger partial charge in [0.25, 0.3) is 0 Å². The van der Waals surface area contributed by atoms with Crippen LogP contribution in [0.25, 0.3) is 0 Å². The second kappa shape index (κ2) is 7.17. The molecule has 114 valence electrons. The summed E-state index contributed by atoms with van der Waals surface area (Å²) < 4.78 is 26.8. The van der Waals surface area contributed by atoms with Crippen molar-refractivity contribution in [1.82, 2.24) is 9.21 Å². The van der Waals surface area contributed by atoms with E-state index in [1.165, 1.54) is 4.31 Å². The molecule has 1 aromatic carbocycles. The summed E-state index contributed by atoms with van der Waals surface area (Å²) >= 11 is 0. The van der Waals surface area contributed by atoms with Crippen molar-refractivity contribution >= 4 is 10.0 Å². The molecule has 5 nitrogen and oxygen atoms in total. The van der Waals surface area contributed by atoms with Crippen molar-refractivity contribution in [2.45, 2.75) is 31.4 Å². The van der Waals surface area contributed by atoms with Gasteiger partial charge in [-0.05, 0) is 38.7 Å². The summed E-state index contributed by atoms with van der Waals surface area (Å²) in [6.07, 6.45) is 0. The Morgan fingerprint density at radius 2 is 1.75 bits per heavy atom. The van der Waals surface area contributed by atoms with Crippen molar-refractivity contribution in [2.75, 3.05) is 27.2 Å². The minimum atomic E-state index is -3.50. The Labute approximate surface area is 121 Å². The molecule has 20 heavy (non-hydrogen) atoms. The first-order chi connectivity index (χ1) is 9.32. The standard InChI is InChI=1S/C14H24N2O3S/c1-5-16(12(2)10-15(3)4)20(18,19)14-8-6-13(11-17)7-9-14/h6-9,12,17H,5,10-11H2,1-4H3. The smallest absolute Gasteiger partial charge is 0.243 e. The molecule has 0 amide bonds. The number of aliphatic hydroxyl groups excluding tert-OH is 1. The van der Waals surface area contributed by atoms with E-state index in [0.717, 1.165) is 0 Å². The van der Waals surface area contributed by atoms with Crippen molar-refractivity contribution in [1.29, 1.82) is 0 Å². The zero-order chi connectivity index (χ0) is 15.3. The molecule has 1 rings (SSSR count). The van der Waals surface area contributed by atoms with E-state index in [2.05, 4.69) is 0 Å². The van der Waals surface area contributed by atoms with Gasteiger partial charge in [0.1, 0.15) is 0 Å². The number of sulfonamides is 1. The third-order valence-corrected chi connectivity index (χ3v) is 5.25. The molecule has 6 heteroatoms. The lowest BCUT2D eigenvalue weighted by atomic mass is 10.2. The van der Waals surface area contributed by atoms with E-state index in [0.29, 0.717) is 18.7 Å². The van der Waals surface area contributed by atoms with E-state index in [-0.39, 0.29) is 17.5 Å². The third kappa shape index (κ3) is 4.02. The number of likely N-dealkylation sites (N-methyl/N-ethyl adjacent to an activating group) is 2. The van der Waals surface area contributed by atoms with Gasteiger partial charge in [0.2, 0.25) is 10.0 Å². The summed E-state index contributed by atoms with van der Waals surface area (Å²) in [5.41, 5.74) is 0.702. The highest BCUT2D eigenvalue weighted by atomic mass is 32.2. The van der Waals surface area contributed by atoms with E-state index in [1.54, 1.807) is 24.3 Å². The van der Waals surface area contributed by atoms with Crippen LogP contribution < -0.4 is 0 Å². The van der Waals surface area contributed by atoms with Crippen LogP contribution in [0.5, 0.6) is 0 Å². The van der Waals surface area contributed by atoms with E-state index in [1.807, 2.05) is 32.8 Å². The second-order valence-electron chi connectivity index (χ2n) is 5.12. The first-order valence-electron chi connectivity index (χ1n) is 6.69. The van der Waals surface area contributed by atoms with Crippen LogP contribution >= 0.6 is 0 Å². The monoisotopic (exact) mass is 300 g/mol. The van der Waals surface area contributed by atoms with Crippen LogP contribution in [0.15, 0.2) is 29.2 Å². The summed E-state index contributed by atoms with van der Waals surface area (Å²) in [5.74, 6) is 0. The summed E-state index contributed by atoms with van der Waals surface area (Å²) in [5, 5.41) is 9.01. The van der Waals surface area contributed by atoms with Gasteiger partial charge in [0.15, 0.2) is 0 Å². The molecule has 0 aliphatic carbocycles. The number of nitrogens with zero attached hydrogens (tertiary/aromatic N) is 2. The van der Waals surface area contributed by atoms with Crippen LogP contribution in [0.4, 0.5) is 0 Å². The van der Waals surface area contributed by atoms with E-state index >= 15 is 0 Å². The van der Waals surface area contributed by atoms with E-state index in [4.69, 9.17) is 5.11 Å². The van der Waals surface area contributed by atoms with Gasteiger partial charge in [0.05, 0.1) is 11.5 Å². The van der Waals surface area contributed by atoms with Crippen LogP contribution in [0.3, 0.4) is 0 Å². The largest absolute Gasteiger partial charge is 0.392 e. The highest BCUT2D eigenvalue weighted by molar-refractivity contribution is 7.89. The van der Waals surface area contributed by atoms with Gasteiger partial charge in [-0.3, -0.25) is 0 Å². The number of hydrogen-bond acceptors (Lipinski definition) is 4. The SMILES string of the molecule is CCN(C(C)CN(C)C)S(=O)(=O)c1ccc(CO)cc1. The Balaban J connectivity index is 3.04. The van der Waals surface area contributed by atoms with E-state index < -0.39 is 10.0 Å². The molecule has 0 bridgehead atoms. The minimum Gasteiger partial charge on any atom is -0.392 e. The Morgan fingerprint density at radius 1 is 1.20 bits per heavy atom. The number of aliphatic hydroxyl groups is 1. The molecule has 0 aliphatic rings. The second-order valence-corrected chi connectivity index (χ2v) is 7.01. The Kier molecular flexibility index (Phi) is 6.13. The lowest BCUT2D eigenvalue weighted by Gasteiger charge is -2.29. The summed E-state index contributed by atoms with van der Waals surface area (Å²) in [4.78, 5) is 2.24. The maximum atomic E-state index is 12.6. The Bertz CT molecular complexity index is 512. The lowest BCUT2D eigenvalue weighted by molar-refractivity contribution is 0.271. The molecule has 0 saturated heterocycles. The molecule has 1 N–H and O–H groups in total. The molecule has 1 unspecified atom stereocenters. The molecular formula is C14H24N2O3S.